The average molecular weight is 674 g/mol. The van der Waals surface area contributed by atoms with Crippen molar-refractivity contribution in [3.63, 3.8) is 0 Å². The molecule has 0 aromatic heterocycles. The molecule has 0 bridgehead atoms. The van der Waals surface area contributed by atoms with Gasteiger partial charge in [-0.25, -0.2) is 14.6 Å². The molecule has 4 atom stereocenters. The molecule has 0 aliphatic carbocycles. The van der Waals surface area contributed by atoms with Crippen LogP contribution in [0.3, 0.4) is 0 Å². The molecule has 0 aliphatic heterocycles. The SMILES string of the molecule is CC(C)C(NC(=O)NCCO)C(=O)NC(c1ccccc1)C(O)CCN(Cc1ccc(O)cc1)NC(=O)C(NC(=O)NCCO)C(C)C. The zero-order chi connectivity index (χ0) is 35.6. The van der Waals surface area contributed by atoms with E-state index in [0.717, 1.165) is 5.56 Å². The maximum absolute atomic E-state index is 13.5. The fourth-order valence-electron chi connectivity index (χ4n) is 4.77. The van der Waals surface area contributed by atoms with Gasteiger partial charge in [0.25, 0.3) is 5.91 Å². The number of aromatic hydroxyl groups is 1. The number of carbonyl (C=O) groups excluding carboxylic acids is 4. The quantitative estimate of drug-likeness (QED) is 0.0935. The molecule has 2 rings (SSSR count). The normalized spacial score (nSPS) is 13.7. The highest BCUT2D eigenvalue weighted by atomic mass is 16.3. The molecule has 0 spiro atoms. The fraction of sp³-hybridized carbons (Fsp3) is 0.515. The van der Waals surface area contributed by atoms with Gasteiger partial charge in [0.15, 0.2) is 0 Å². The van der Waals surface area contributed by atoms with Gasteiger partial charge in [-0.05, 0) is 41.5 Å². The second-order valence-corrected chi connectivity index (χ2v) is 12.0. The Morgan fingerprint density at radius 2 is 1.25 bits per heavy atom. The van der Waals surface area contributed by atoms with Crippen molar-refractivity contribution < 1.29 is 39.6 Å². The number of aliphatic hydroxyl groups is 3. The number of rotatable bonds is 19. The number of benzene rings is 2. The van der Waals surface area contributed by atoms with E-state index < -0.39 is 48.1 Å². The van der Waals surface area contributed by atoms with Gasteiger partial charge in [0.05, 0.1) is 25.4 Å². The molecule has 0 saturated carbocycles. The van der Waals surface area contributed by atoms with Crippen LogP contribution in [0, 0.1) is 11.8 Å². The predicted molar refractivity (Wildman–Crippen MR) is 179 cm³/mol. The van der Waals surface area contributed by atoms with E-state index >= 15 is 0 Å². The maximum atomic E-state index is 13.5. The summed E-state index contributed by atoms with van der Waals surface area (Å²) in [6.45, 7) is 6.91. The van der Waals surface area contributed by atoms with Gasteiger partial charge >= 0.3 is 12.1 Å². The topological polar surface area (TPSA) is 225 Å². The van der Waals surface area contributed by atoms with Gasteiger partial charge in [-0.1, -0.05) is 70.2 Å². The number of amides is 6. The Kier molecular flexibility index (Phi) is 17.2. The van der Waals surface area contributed by atoms with Crippen LogP contribution in [0.25, 0.3) is 0 Å². The van der Waals surface area contributed by atoms with Crippen LogP contribution < -0.4 is 32.0 Å². The molecule has 15 nitrogen and oxygen atoms in total. The number of hydrogen-bond donors (Lipinski definition) is 10. The summed E-state index contributed by atoms with van der Waals surface area (Å²) in [6, 6.07) is 11.3. The number of urea groups is 2. The molecule has 48 heavy (non-hydrogen) atoms. The molecule has 0 aliphatic rings. The summed E-state index contributed by atoms with van der Waals surface area (Å²) >= 11 is 0. The lowest BCUT2D eigenvalue weighted by Gasteiger charge is -2.31. The van der Waals surface area contributed by atoms with Gasteiger partial charge in [0.1, 0.15) is 17.8 Å². The first kappa shape index (κ1) is 39.7. The van der Waals surface area contributed by atoms with Crippen molar-refractivity contribution in [2.45, 2.75) is 64.9 Å². The minimum Gasteiger partial charge on any atom is -0.508 e. The smallest absolute Gasteiger partial charge is 0.315 e. The predicted octanol–water partition coefficient (Wildman–Crippen LogP) is 0.466. The van der Waals surface area contributed by atoms with Crippen molar-refractivity contribution in [2.75, 3.05) is 32.8 Å². The number of phenolic OH excluding ortho intramolecular Hbond substituents is 1. The number of nitrogens with zero attached hydrogens (tertiary/aromatic N) is 1. The molecule has 0 heterocycles. The Hall–Kier alpha value is -4.44. The lowest BCUT2D eigenvalue weighted by Crippen LogP contribution is -2.56. The van der Waals surface area contributed by atoms with Crippen molar-refractivity contribution in [3.05, 3.63) is 65.7 Å². The first-order chi connectivity index (χ1) is 22.9. The number of hydrazine groups is 1. The standard InChI is InChI=1S/C33H51N7O8/c1-21(2)27(37-32(47)34-15-18-41)30(45)36-29(24-8-6-5-7-9-24)26(44)14-17-40(20-23-10-12-25(43)13-11-23)39-31(46)28(22(3)4)38-33(48)35-16-19-42/h5-13,21-22,26-29,41-44H,14-20H2,1-4H3,(H,36,45)(H,39,46)(H2,34,37,47)(H2,35,38,48). The van der Waals surface area contributed by atoms with E-state index in [4.69, 9.17) is 10.2 Å². The monoisotopic (exact) mass is 673 g/mol. The van der Waals surface area contributed by atoms with E-state index in [2.05, 4.69) is 32.0 Å². The molecule has 6 amide bonds. The van der Waals surface area contributed by atoms with Crippen LogP contribution in [0.15, 0.2) is 54.6 Å². The number of hydrogen-bond acceptors (Lipinski definition) is 9. The summed E-state index contributed by atoms with van der Waals surface area (Å²) in [5.41, 5.74) is 4.21. The average Bonchev–Trinajstić information content (AvgIpc) is 3.06. The van der Waals surface area contributed by atoms with Gasteiger partial charge in [-0.15, -0.1) is 0 Å². The lowest BCUT2D eigenvalue weighted by molar-refractivity contribution is -0.129. The van der Waals surface area contributed by atoms with Gasteiger partial charge in [-0.2, -0.15) is 0 Å². The highest BCUT2D eigenvalue weighted by molar-refractivity contribution is 5.88. The number of phenols is 1. The van der Waals surface area contributed by atoms with Crippen LogP contribution in [0.2, 0.25) is 0 Å². The molecule has 2 aromatic carbocycles. The van der Waals surface area contributed by atoms with E-state index in [0.29, 0.717) is 5.56 Å². The zero-order valence-electron chi connectivity index (χ0n) is 28.0. The third-order valence-electron chi connectivity index (χ3n) is 7.38. The fourth-order valence-corrected chi connectivity index (χ4v) is 4.77. The Morgan fingerprint density at radius 3 is 1.75 bits per heavy atom. The number of aliphatic hydroxyl groups excluding tert-OH is 3. The molecule has 10 N–H and O–H groups in total. The molecule has 4 unspecified atom stereocenters. The van der Waals surface area contributed by atoms with E-state index in [1.807, 2.05) is 0 Å². The van der Waals surface area contributed by atoms with Crippen LogP contribution in [0.5, 0.6) is 5.75 Å². The van der Waals surface area contributed by atoms with Gasteiger partial charge in [0, 0.05) is 26.2 Å². The van der Waals surface area contributed by atoms with Crippen LogP contribution >= 0.6 is 0 Å². The second-order valence-electron chi connectivity index (χ2n) is 12.0. The van der Waals surface area contributed by atoms with Crippen LogP contribution in [-0.2, 0) is 16.1 Å². The Bertz CT molecular complexity index is 1280. The van der Waals surface area contributed by atoms with Crippen molar-refractivity contribution in [1.82, 2.24) is 37.0 Å². The van der Waals surface area contributed by atoms with Crippen molar-refractivity contribution >= 4 is 23.9 Å². The van der Waals surface area contributed by atoms with E-state index in [1.54, 1.807) is 75.2 Å². The molecule has 2 aromatic rings. The Morgan fingerprint density at radius 1 is 0.729 bits per heavy atom. The minimum absolute atomic E-state index is 0.0195. The van der Waals surface area contributed by atoms with E-state index in [1.165, 1.54) is 12.1 Å². The largest absolute Gasteiger partial charge is 0.508 e. The Balaban J connectivity index is 2.27. The highest BCUT2D eigenvalue weighted by Crippen LogP contribution is 2.21. The third kappa shape index (κ3) is 13.7. The van der Waals surface area contributed by atoms with Gasteiger partial charge in [-0.3, -0.25) is 15.0 Å². The summed E-state index contributed by atoms with van der Waals surface area (Å²) in [6.07, 6.45) is -1.07. The molecule has 0 saturated heterocycles. The van der Waals surface area contributed by atoms with Crippen LogP contribution in [0.4, 0.5) is 9.59 Å². The summed E-state index contributed by atoms with van der Waals surface area (Å²) < 4.78 is 0. The first-order valence-electron chi connectivity index (χ1n) is 16.0. The molecule has 0 radical (unpaired) electrons. The van der Waals surface area contributed by atoms with E-state index in [9.17, 15) is 29.4 Å². The van der Waals surface area contributed by atoms with Crippen LogP contribution in [-0.4, -0.2) is 100 Å². The number of nitrogens with one attached hydrogen (secondary N) is 6. The molecule has 15 heteroatoms. The third-order valence-corrected chi connectivity index (χ3v) is 7.38. The van der Waals surface area contributed by atoms with Crippen molar-refractivity contribution in [3.8, 4) is 5.75 Å². The van der Waals surface area contributed by atoms with Gasteiger partial charge in [0.2, 0.25) is 5.91 Å². The van der Waals surface area contributed by atoms with Gasteiger partial charge < -0.3 is 47.0 Å². The molecule has 266 valence electrons. The maximum Gasteiger partial charge on any atom is 0.315 e. The number of carbonyl (C=O) groups is 4. The highest BCUT2D eigenvalue weighted by Gasteiger charge is 2.31. The summed E-state index contributed by atoms with van der Waals surface area (Å²) in [7, 11) is 0. The molecular weight excluding hydrogens is 622 g/mol. The summed E-state index contributed by atoms with van der Waals surface area (Å²) in [4.78, 5) is 51.5. The summed E-state index contributed by atoms with van der Waals surface area (Å²) in [5, 5.41) is 53.9. The summed E-state index contributed by atoms with van der Waals surface area (Å²) in [5.74, 6) is -1.55. The lowest BCUT2D eigenvalue weighted by atomic mass is 9.97. The zero-order valence-corrected chi connectivity index (χ0v) is 28.0. The first-order valence-corrected chi connectivity index (χ1v) is 16.0. The molecular formula is C33H51N7O8. The minimum atomic E-state index is -1.14. The second kappa shape index (κ2) is 20.7. The van der Waals surface area contributed by atoms with Crippen molar-refractivity contribution in [1.29, 1.82) is 0 Å². The van der Waals surface area contributed by atoms with Crippen molar-refractivity contribution in [2.24, 2.45) is 11.8 Å². The Labute approximate surface area is 281 Å². The van der Waals surface area contributed by atoms with Crippen LogP contribution in [0.1, 0.15) is 51.3 Å². The van der Waals surface area contributed by atoms with E-state index in [-0.39, 0.29) is 63.4 Å². The molecule has 0 fully saturated rings.